The number of carbonyl (C=O) groups is 1. The van der Waals surface area contributed by atoms with Crippen LogP contribution in [0.3, 0.4) is 0 Å². The summed E-state index contributed by atoms with van der Waals surface area (Å²) in [5, 5.41) is 3.77. The number of hydrogen-bond acceptors (Lipinski definition) is 3. The van der Waals surface area contributed by atoms with E-state index in [0.29, 0.717) is 5.69 Å². The Kier molecular flexibility index (Phi) is 6.65. The molecule has 0 radical (unpaired) electrons. The van der Waals surface area contributed by atoms with Gasteiger partial charge in [-0.3, -0.25) is 4.79 Å². The Morgan fingerprint density at radius 2 is 1.79 bits per heavy atom. The molecule has 0 aliphatic heterocycles. The number of halogens is 3. The Bertz CT molecular complexity index is 1270. The van der Waals surface area contributed by atoms with E-state index in [2.05, 4.69) is 45.8 Å². The van der Waals surface area contributed by atoms with E-state index < -0.39 is 6.36 Å². The van der Waals surface area contributed by atoms with Gasteiger partial charge < -0.3 is 14.6 Å². The molecule has 4 aromatic rings. The molecule has 4 rings (SSSR count). The number of aryl methyl sites for hydroxylation is 1. The maximum Gasteiger partial charge on any atom is 0.573 e. The van der Waals surface area contributed by atoms with Crippen LogP contribution < -0.4 is 10.1 Å². The van der Waals surface area contributed by atoms with Crippen molar-refractivity contribution >= 4 is 34.3 Å². The molecular formula is C25H21F3N2O2S. The third kappa shape index (κ3) is 6.10. The number of para-hydroxylation sites is 1. The average Bonchev–Trinajstić information content (AvgIpc) is 3.10. The van der Waals surface area contributed by atoms with Crippen LogP contribution in [-0.4, -0.2) is 22.6 Å². The summed E-state index contributed by atoms with van der Waals surface area (Å²) in [4.78, 5) is 13.4. The smallest absolute Gasteiger partial charge is 0.406 e. The van der Waals surface area contributed by atoms with E-state index in [-0.39, 0.29) is 17.4 Å². The SMILES string of the molecule is Cc1cccc(Cn2cc(SCC(=O)Nc3ccc(OC(F)(F)F)cc3)c3ccccc32)c1. The lowest BCUT2D eigenvalue weighted by atomic mass is 10.1. The monoisotopic (exact) mass is 470 g/mol. The Hall–Kier alpha value is -3.39. The molecule has 8 heteroatoms. The van der Waals surface area contributed by atoms with Gasteiger partial charge in [0.1, 0.15) is 5.75 Å². The van der Waals surface area contributed by atoms with Crippen LogP contribution in [0.2, 0.25) is 0 Å². The van der Waals surface area contributed by atoms with Crippen molar-refractivity contribution in [3.8, 4) is 5.75 Å². The van der Waals surface area contributed by atoms with Gasteiger partial charge in [-0.15, -0.1) is 24.9 Å². The number of anilines is 1. The lowest BCUT2D eigenvalue weighted by Crippen LogP contribution is -2.17. The zero-order chi connectivity index (χ0) is 23.4. The first kappa shape index (κ1) is 22.8. The predicted molar refractivity (Wildman–Crippen MR) is 125 cm³/mol. The van der Waals surface area contributed by atoms with Gasteiger partial charge in [-0.25, -0.2) is 0 Å². The normalized spacial score (nSPS) is 11.5. The van der Waals surface area contributed by atoms with Crippen LogP contribution in [0, 0.1) is 6.92 Å². The fourth-order valence-corrected chi connectivity index (χ4v) is 4.44. The summed E-state index contributed by atoms with van der Waals surface area (Å²) >= 11 is 1.42. The second-order valence-corrected chi connectivity index (χ2v) is 8.55. The summed E-state index contributed by atoms with van der Waals surface area (Å²) in [7, 11) is 0. The molecule has 1 heterocycles. The molecule has 33 heavy (non-hydrogen) atoms. The van der Waals surface area contributed by atoms with Crippen LogP contribution in [-0.2, 0) is 11.3 Å². The van der Waals surface area contributed by atoms with Crippen molar-refractivity contribution < 1.29 is 22.7 Å². The van der Waals surface area contributed by atoms with Crippen LogP contribution in [0.4, 0.5) is 18.9 Å². The van der Waals surface area contributed by atoms with E-state index in [1.165, 1.54) is 35.0 Å². The van der Waals surface area contributed by atoms with E-state index in [9.17, 15) is 18.0 Å². The fraction of sp³-hybridized carbons (Fsp3) is 0.160. The number of fused-ring (bicyclic) bond motifs is 1. The second-order valence-electron chi connectivity index (χ2n) is 7.54. The van der Waals surface area contributed by atoms with Gasteiger partial charge in [-0.2, -0.15) is 0 Å². The quantitative estimate of drug-likeness (QED) is 0.309. The summed E-state index contributed by atoms with van der Waals surface area (Å²) in [5.74, 6) is -0.421. The van der Waals surface area contributed by atoms with Crippen molar-refractivity contribution in [1.29, 1.82) is 0 Å². The third-order valence-corrected chi connectivity index (χ3v) is 5.96. The zero-order valence-electron chi connectivity index (χ0n) is 17.7. The highest BCUT2D eigenvalue weighted by Crippen LogP contribution is 2.31. The van der Waals surface area contributed by atoms with Gasteiger partial charge in [-0.1, -0.05) is 48.0 Å². The Morgan fingerprint density at radius 3 is 2.52 bits per heavy atom. The van der Waals surface area contributed by atoms with Crippen molar-refractivity contribution in [2.75, 3.05) is 11.1 Å². The number of thioether (sulfide) groups is 1. The number of hydrogen-bond donors (Lipinski definition) is 1. The molecule has 0 saturated heterocycles. The number of ether oxygens (including phenoxy) is 1. The summed E-state index contributed by atoms with van der Waals surface area (Å²) < 4.78 is 42.8. The Balaban J connectivity index is 1.42. The van der Waals surface area contributed by atoms with E-state index >= 15 is 0 Å². The maximum absolute atomic E-state index is 12.4. The summed E-state index contributed by atoms with van der Waals surface area (Å²) in [6.07, 6.45) is -2.70. The molecule has 3 aromatic carbocycles. The minimum atomic E-state index is -4.75. The van der Waals surface area contributed by atoms with Crippen molar-refractivity contribution in [2.45, 2.75) is 24.7 Å². The standard InChI is InChI=1S/C25H21F3N2O2S/c1-17-5-4-6-18(13-17)14-30-15-23(21-7-2-3-8-22(21)30)33-16-24(31)29-19-9-11-20(12-10-19)32-25(26,27)28/h2-13,15H,14,16H2,1H3,(H,29,31). The lowest BCUT2D eigenvalue weighted by molar-refractivity contribution is -0.274. The zero-order valence-corrected chi connectivity index (χ0v) is 18.5. The first-order chi connectivity index (χ1) is 15.8. The van der Waals surface area contributed by atoms with Gasteiger partial charge in [0.25, 0.3) is 0 Å². The average molecular weight is 471 g/mol. The van der Waals surface area contributed by atoms with Crippen LogP contribution in [0.15, 0.2) is 83.9 Å². The van der Waals surface area contributed by atoms with Crippen LogP contribution in [0.1, 0.15) is 11.1 Å². The van der Waals surface area contributed by atoms with Gasteiger partial charge in [0.2, 0.25) is 5.91 Å². The van der Waals surface area contributed by atoms with E-state index in [0.717, 1.165) is 34.5 Å². The maximum atomic E-state index is 12.4. The molecule has 0 bridgehead atoms. The molecule has 0 fully saturated rings. The van der Waals surface area contributed by atoms with Crippen LogP contribution >= 0.6 is 11.8 Å². The molecular weight excluding hydrogens is 449 g/mol. The lowest BCUT2D eigenvalue weighted by Gasteiger charge is -2.10. The number of benzene rings is 3. The van der Waals surface area contributed by atoms with E-state index in [1.807, 2.05) is 30.5 Å². The second kappa shape index (κ2) is 9.62. The number of rotatable bonds is 7. The van der Waals surface area contributed by atoms with Crippen molar-refractivity contribution in [1.82, 2.24) is 4.57 Å². The number of nitrogens with zero attached hydrogens (tertiary/aromatic N) is 1. The van der Waals surface area contributed by atoms with E-state index in [1.54, 1.807) is 0 Å². The highest BCUT2D eigenvalue weighted by molar-refractivity contribution is 8.00. The van der Waals surface area contributed by atoms with Gasteiger partial charge in [-0.05, 0) is 42.8 Å². The van der Waals surface area contributed by atoms with Crippen molar-refractivity contribution in [2.24, 2.45) is 0 Å². The summed E-state index contributed by atoms with van der Waals surface area (Å²) in [5.41, 5.74) is 3.88. The first-order valence-electron chi connectivity index (χ1n) is 10.2. The Labute approximate surface area is 193 Å². The number of nitrogens with one attached hydrogen (secondary N) is 1. The minimum absolute atomic E-state index is 0.166. The largest absolute Gasteiger partial charge is 0.573 e. The molecule has 0 saturated carbocycles. The molecule has 0 spiro atoms. The predicted octanol–water partition coefficient (Wildman–Crippen LogP) is 6.63. The Morgan fingerprint density at radius 1 is 1.03 bits per heavy atom. The number of aromatic nitrogens is 1. The topological polar surface area (TPSA) is 43.3 Å². The molecule has 0 aliphatic rings. The molecule has 1 N–H and O–H groups in total. The van der Waals surface area contributed by atoms with Gasteiger partial charge >= 0.3 is 6.36 Å². The molecule has 0 atom stereocenters. The van der Waals surface area contributed by atoms with Gasteiger partial charge in [0.05, 0.1) is 5.75 Å². The minimum Gasteiger partial charge on any atom is -0.406 e. The third-order valence-electron chi connectivity index (χ3n) is 4.92. The molecule has 4 nitrogen and oxygen atoms in total. The van der Waals surface area contributed by atoms with Gasteiger partial charge in [0, 0.05) is 34.2 Å². The number of alkyl halides is 3. The van der Waals surface area contributed by atoms with E-state index in [4.69, 9.17) is 0 Å². The highest BCUT2D eigenvalue weighted by Gasteiger charge is 2.30. The summed E-state index contributed by atoms with van der Waals surface area (Å²) in [6, 6.07) is 21.5. The highest BCUT2D eigenvalue weighted by atomic mass is 32.2. The van der Waals surface area contributed by atoms with Crippen molar-refractivity contribution in [3.63, 3.8) is 0 Å². The fourth-order valence-electron chi connectivity index (χ4n) is 3.55. The van der Waals surface area contributed by atoms with Crippen LogP contribution in [0.5, 0.6) is 5.75 Å². The number of carbonyl (C=O) groups excluding carboxylic acids is 1. The first-order valence-corrected chi connectivity index (χ1v) is 11.2. The summed E-state index contributed by atoms with van der Waals surface area (Å²) in [6.45, 7) is 2.79. The molecule has 0 unspecified atom stereocenters. The van der Waals surface area contributed by atoms with Gasteiger partial charge in [0.15, 0.2) is 0 Å². The molecule has 170 valence electrons. The van der Waals surface area contributed by atoms with Crippen LogP contribution in [0.25, 0.3) is 10.9 Å². The molecule has 1 aromatic heterocycles. The number of amides is 1. The molecule has 1 amide bonds. The molecule has 0 aliphatic carbocycles. The van der Waals surface area contributed by atoms with Crippen molar-refractivity contribution in [3.05, 3.63) is 90.1 Å².